The van der Waals surface area contributed by atoms with Crippen molar-refractivity contribution in [2.45, 2.75) is 0 Å². The lowest BCUT2D eigenvalue weighted by atomic mass is 10.1. The van der Waals surface area contributed by atoms with E-state index in [1.54, 1.807) is 24.9 Å². The number of imidazole rings is 1. The number of hydrogen-bond acceptors (Lipinski definition) is 4. The SMILES string of the molecule is CNc1nc(/C=C2\C=Nc3c(Br)cccc32)c(O)n1C. The van der Waals surface area contributed by atoms with E-state index in [4.69, 9.17) is 0 Å². The highest BCUT2D eigenvalue weighted by atomic mass is 79.9. The van der Waals surface area contributed by atoms with Gasteiger partial charge in [-0.25, -0.2) is 4.98 Å². The normalized spacial score (nSPS) is 14.8. The molecular formula is C14H13BrN4O. The summed E-state index contributed by atoms with van der Waals surface area (Å²) < 4.78 is 2.55. The number of rotatable bonds is 2. The first-order valence-electron chi connectivity index (χ1n) is 6.10. The second-order valence-electron chi connectivity index (χ2n) is 4.45. The second-order valence-corrected chi connectivity index (χ2v) is 5.30. The molecule has 0 amide bonds. The Kier molecular flexibility index (Phi) is 3.10. The molecule has 0 bridgehead atoms. The van der Waals surface area contributed by atoms with Crippen molar-refractivity contribution >= 4 is 45.4 Å². The van der Waals surface area contributed by atoms with E-state index in [2.05, 4.69) is 31.2 Å². The average molecular weight is 333 g/mol. The summed E-state index contributed by atoms with van der Waals surface area (Å²) in [5, 5.41) is 13.0. The van der Waals surface area contributed by atoms with E-state index in [0.717, 1.165) is 21.3 Å². The first kappa shape index (κ1) is 12.9. The lowest BCUT2D eigenvalue weighted by Gasteiger charge is -2.00. The predicted octanol–water partition coefficient (Wildman–Crippen LogP) is 3.19. The molecule has 0 spiro atoms. The van der Waals surface area contributed by atoms with Crippen LogP contribution in [0.1, 0.15) is 11.3 Å². The number of aromatic hydroxyl groups is 1. The highest BCUT2D eigenvalue weighted by Crippen LogP contribution is 2.38. The molecule has 1 aromatic heterocycles. The van der Waals surface area contributed by atoms with Gasteiger partial charge in [-0.05, 0) is 28.1 Å². The molecule has 2 aromatic rings. The Balaban J connectivity index is 2.09. The number of halogens is 1. The molecule has 0 aliphatic carbocycles. The Morgan fingerprint density at radius 2 is 2.20 bits per heavy atom. The van der Waals surface area contributed by atoms with Crippen molar-refractivity contribution in [2.24, 2.45) is 12.0 Å². The third-order valence-corrected chi connectivity index (χ3v) is 3.88. The molecule has 0 saturated heterocycles. The number of nitrogens with zero attached hydrogens (tertiary/aromatic N) is 3. The molecule has 0 radical (unpaired) electrons. The molecule has 20 heavy (non-hydrogen) atoms. The maximum absolute atomic E-state index is 10.1. The summed E-state index contributed by atoms with van der Waals surface area (Å²) in [6.07, 6.45) is 3.61. The second kappa shape index (κ2) is 4.79. The molecule has 6 heteroatoms. The topological polar surface area (TPSA) is 62.4 Å². The van der Waals surface area contributed by atoms with Crippen LogP contribution in [0.5, 0.6) is 5.88 Å². The minimum atomic E-state index is 0.124. The van der Waals surface area contributed by atoms with Crippen molar-refractivity contribution in [2.75, 3.05) is 12.4 Å². The number of hydrogen-bond donors (Lipinski definition) is 2. The van der Waals surface area contributed by atoms with Gasteiger partial charge in [0, 0.05) is 35.9 Å². The fourth-order valence-corrected chi connectivity index (χ4v) is 2.65. The molecule has 0 atom stereocenters. The van der Waals surface area contributed by atoms with Crippen LogP contribution in [0.2, 0.25) is 0 Å². The lowest BCUT2D eigenvalue weighted by molar-refractivity contribution is 0.432. The zero-order chi connectivity index (χ0) is 14.3. The fraction of sp³-hybridized carbons (Fsp3) is 0.143. The molecule has 5 nitrogen and oxygen atoms in total. The highest BCUT2D eigenvalue weighted by molar-refractivity contribution is 9.10. The first-order chi connectivity index (χ1) is 9.61. The van der Waals surface area contributed by atoms with Crippen molar-refractivity contribution in [3.05, 3.63) is 33.9 Å². The van der Waals surface area contributed by atoms with Gasteiger partial charge in [0.25, 0.3) is 0 Å². The number of anilines is 1. The summed E-state index contributed by atoms with van der Waals surface area (Å²) in [4.78, 5) is 8.72. The van der Waals surface area contributed by atoms with Crippen LogP contribution >= 0.6 is 15.9 Å². The van der Waals surface area contributed by atoms with Gasteiger partial charge in [-0.15, -0.1) is 0 Å². The maximum Gasteiger partial charge on any atom is 0.220 e. The molecule has 3 rings (SSSR count). The molecule has 2 heterocycles. The van der Waals surface area contributed by atoms with E-state index in [1.807, 2.05) is 24.3 Å². The van der Waals surface area contributed by atoms with Crippen LogP contribution in [0.4, 0.5) is 11.6 Å². The number of nitrogens with one attached hydrogen (secondary N) is 1. The van der Waals surface area contributed by atoms with Gasteiger partial charge < -0.3 is 10.4 Å². The Bertz CT molecular complexity index is 746. The highest BCUT2D eigenvalue weighted by Gasteiger charge is 2.17. The lowest BCUT2D eigenvalue weighted by Crippen LogP contribution is -1.97. The van der Waals surface area contributed by atoms with Gasteiger partial charge in [-0.1, -0.05) is 12.1 Å². The predicted molar refractivity (Wildman–Crippen MR) is 84.6 cm³/mol. The first-order valence-corrected chi connectivity index (χ1v) is 6.89. The zero-order valence-electron chi connectivity index (χ0n) is 11.1. The van der Waals surface area contributed by atoms with E-state index >= 15 is 0 Å². The number of para-hydroxylation sites is 1. The maximum atomic E-state index is 10.1. The van der Waals surface area contributed by atoms with Crippen molar-refractivity contribution < 1.29 is 5.11 Å². The Labute approximate surface area is 124 Å². The van der Waals surface area contributed by atoms with E-state index < -0.39 is 0 Å². The summed E-state index contributed by atoms with van der Waals surface area (Å²) in [6, 6.07) is 5.91. The van der Waals surface area contributed by atoms with E-state index in [-0.39, 0.29) is 5.88 Å². The van der Waals surface area contributed by atoms with E-state index in [0.29, 0.717) is 11.6 Å². The Morgan fingerprint density at radius 3 is 2.90 bits per heavy atom. The monoisotopic (exact) mass is 332 g/mol. The van der Waals surface area contributed by atoms with Crippen molar-refractivity contribution in [1.29, 1.82) is 0 Å². The van der Waals surface area contributed by atoms with Crippen LogP contribution in [0.3, 0.4) is 0 Å². The van der Waals surface area contributed by atoms with Crippen molar-refractivity contribution in [3.63, 3.8) is 0 Å². The molecule has 1 aromatic carbocycles. The number of fused-ring (bicyclic) bond motifs is 1. The third-order valence-electron chi connectivity index (χ3n) is 3.24. The molecular weight excluding hydrogens is 320 g/mol. The van der Waals surface area contributed by atoms with Gasteiger partial charge in [-0.2, -0.15) is 0 Å². The van der Waals surface area contributed by atoms with Crippen LogP contribution < -0.4 is 5.32 Å². The summed E-state index contributed by atoms with van der Waals surface area (Å²) >= 11 is 3.48. The summed E-state index contributed by atoms with van der Waals surface area (Å²) in [7, 11) is 3.52. The average Bonchev–Trinajstić information content (AvgIpc) is 2.97. The van der Waals surface area contributed by atoms with Gasteiger partial charge in [0.1, 0.15) is 5.69 Å². The minimum absolute atomic E-state index is 0.124. The van der Waals surface area contributed by atoms with Crippen molar-refractivity contribution in [1.82, 2.24) is 9.55 Å². The van der Waals surface area contributed by atoms with E-state index in [1.165, 1.54) is 0 Å². The quantitative estimate of drug-likeness (QED) is 0.887. The molecule has 0 saturated carbocycles. The minimum Gasteiger partial charge on any atom is -0.493 e. The molecule has 102 valence electrons. The number of allylic oxidation sites excluding steroid dienone is 1. The van der Waals surface area contributed by atoms with E-state index in [9.17, 15) is 5.11 Å². The van der Waals surface area contributed by atoms with Gasteiger partial charge in [0.05, 0.1) is 5.69 Å². The molecule has 0 fully saturated rings. The smallest absolute Gasteiger partial charge is 0.220 e. The zero-order valence-corrected chi connectivity index (χ0v) is 12.6. The van der Waals surface area contributed by atoms with Crippen LogP contribution in [0.25, 0.3) is 11.6 Å². The Morgan fingerprint density at radius 1 is 1.40 bits per heavy atom. The molecule has 2 N–H and O–H groups in total. The van der Waals surface area contributed by atoms with Crippen LogP contribution in [0.15, 0.2) is 27.7 Å². The fourth-order valence-electron chi connectivity index (χ4n) is 2.18. The van der Waals surface area contributed by atoms with Crippen molar-refractivity contribution in [3.8, 4) is 5.88 Å². The summed E-state index contributed by atoms with van der Waals surface area (Å²) in [5.41, 5.74) is 3.38. The summed E-state index contributed by atoms with van der Waals surface area (Å²) in [5.74, 6) is 0.734. The molecule has 1 aliphatic heterocycles. The Hall–Kier alpha value is -2.08. The van der Waals surface area contributed by atoms with Crippen LogP contribution in [-0.2, 0) is 7.05 Å². The molecule has 0 unspecified atom stereocenters. The largest absolute Gasteiger partial charge is 0.493 e. The number of aromatic nitrogens is 2. The standard InChI is InChI=1S/C14H13BrN4O/c1-16-14-18-11(13(20)19(14)2)6-8-7-17-12-9(8)4-3-5-10(12)15/h3-7,20H,1-2H3,(H,16,18)/b8-6+. The number of benzene rings is 1. The van der Waals surface area contributed by atoms with Gasteiger partial charge in [-0.3, -0.25) is 9.56 Å². The molecule has 1 aliphatic rings. The van der Waals surface area contributed by atoms with Crippen LogP contribution in [-0.4, -0.2) is 27.9 Å². The summed E-state index contributed by atoms with van der Waals surface area (Å²) in [6.45, 7) is 0. The number of aliphatic imine (C=N–C) groups is 1. The van der Waals surface area contributed by atoms with Crippen LogP contribution in [0, 0.1) is 0 Å². The van der Waals surface area contributed by atoms with Gasteiger partial charge in [0.15, 0.2) is 0 Å². The third kappa shape index (κ3) is 1.92. The van der Waals surface area contributed by atoms with Gasteiger partial charge >= 0.3 is 0 Å². The van der Waals surface area contributed by atoms with Gasteiger partial charge in [0.2, 0.25) is 11.8 Å².